The van der Waals surface area contributed by atoms with Crippen LogP contribution in [0.15, 0.2) is 6.20 Å². The van der Waals surface area contributed by atoms with E-state index in [1.165, 1.54) is 6.20 Å². The average Bonchev–Trinajstić information content (AvgIpc) is 2.61. The molecule has 7 heteroatoms. The monoisotopic (exact) mass is 253 g/mol. The molecule has 0 saturated carbocycles. The van der Waals surface area contributed by atoms with Gasteiger partial charge in [-0.25, -0.2) is 0 Å². The average molecular weight is 253 g/mol. The first-order valence-corrected chi connectivity index (χ1v) is 5.62. The third-order valence-electron chi connectivity index (χ3n) is 2.15. The van der Waals surface area contributed by atoms with Crippen molar-refractivity contribution in [3.05, 3.63) is 11.8 Å². The zero-order valence-electron chi connectivity index (χ0n) is 11.0. The fourth-order valence-electron chi connectivity index (χ4n) is 1.29. The number of hydrogen-bond donors (Lipinski definition) is 4. The van der Waals surface area contributed by atoms with Crippen LogP contribution in [-0.2, 0) is 4.79 Å². The molecule has 18 heavy (non-hydrogen) atoms. The number of aromatic amines is 1. The molecule has 5 N–H and O–H groups in total. The molecule has 1 aromatic heterocycles. The summed E-state index contributed by atoms with van der Waals surface area (Å²) in [6.07, 6.45) is 1.32. The molecule has 2 amide bonds. The van der Waals surface area contributed by atoms with E-state index in [0.29, 0.717) is 0 Å². The van der Waals surface area contributed by atoms with Gasteiger partial charge in [0.15, 0.2) is 0 Å². The van der Waals surface area contributed by atoms with E-state index in [-0.39, 0.29) is 22.8 Å². The van der Waals surface area contributed by atoms with E-state index in [1.54, 1.807) is 6.92 Å². The van der Waals surface area contributed by atoms with Crippen LogP contribution in [0.1, 0.15) is 38.1 Å². The van der Waals surface area contributed by atoms with Crippen molar-refractivity contribution in [3.8, 4) is 0 Å². The number of anilines is 1. The van der Waals surface area contributed by atoms with Gasteiger partial charge >= 0.3 is 0 Å². The van der Waals surface area contributed by atoms with E-state index in [4.69, 9.17) is 5.73 Å². The molecule has 0 bridgehead atoms. The Morgan fingerprint density at radius 2 is 2.06 bits per heavy atom. The van der Waals surface area contributed by atoms with Crippen molar-refractivity contribution in [3.63, 3.8) is 0 Å². The Bertz CT molecular complexity index is 447. The standard InChI is InChI=1S/C11H19N5O2/c1-6(9(17)15-11(2,3)4)14-10(18)7-5-13-16-8(7)12/h5-6H,1-4H3,(H,14,18)(H,15,17)(H3,12,13,16). The van der Waals surface area contributed by atoms with Crippen LogP contribution in [0, 0.1) is 0 Å². The predicted molar refractivity (Wildman–Crippen MR) is 67.8 cm³/mol. The van der Waals surface area contributed by atoms with E-state index < -0.39 is 11.9 Å². The molecule has 0 spiro atoms. The van der Waals surface area contributed by atoms with Crippen LogP contribution in [0.25, 0.3) is 0 Å². The molecule has 7 nitrogen and oxygen atoms in total. The summed E-state index contributed by atoms with van der Waals surface area (Å²) in [6.45, 7) is 7.21. The number of carbonyl (C=O) groups excluding carboxylic acids is 2. The summed E-state index contributed by atoms with van der Waals surface area (Å²) in [5.74, 6) is -0.508. The molecule has 1 atom stereocenters. The van der Waals surface area contributed by atoms with Gasteiger partial charge in [-0.1, -0.05) is 0 Å². The number of rotatable bonds is 3. The van der Waals surface area contributed by atoms with Crippen molar-refractivity contribution < 1.29 is 9.59 Å². The Balaban J connectivity index is 2.60. The molecule has 100 valence electrons. The van der Waals surface area contributed by atoms with Crippen LogP contribution in [0.2, 0.25) is 0 Å². The molecule has 1 rings (SSSR count). The Labute approximate surface area is 106 Å². The Morgan fingerprint density at radius 1 is 1.44 bits per heavy atom. The second-order valence-corrected chi connectivity index (χ2v) is 5.13. The summed E-state index contributed by atoms with van der Waals surface area (Å²) in [5, 5.41) is 11.4. The van der Waals surface area contributed by atoms with Gasteiger partial charge in [-0.05, 0) is 27.7 Å². The Hall–Kier alpha value is -2.05. The topological polar surface area (TPSA) is 113 Å². The van der Waals surface area contributed by atoms with Crippen LogP contribution in [0.3, 0.4) is 0 Å². The van der Waals surface area contributed by atoms with Gasteiger partial charge in [0.25, 0.3) is 5.91 Å². The summed E-state index contributed by atoms with van der Waals surface area (Å²) >= 11 is 0. The molecule has 0 aliphatic rings. The number of nitrogens with two attached hydrogens (primary N) is 1. The second kappa shape index (κ2) is 5.07. The molecule has 0 aliphatic heterocycles. The molecule has 1 heterocycles. The third kappa shape index (κ3) is 3.76. The first kappa shape index (κ1) is 14.0. The highest BCUT2D eigenvalue weighted by molar-refractivity contribution is 6.00. The Kier molecular flexibility index (Phi) is 3.95. The highest BCUT2D eigenvalue weighted by Crippen LogP contribution is 2.06. The summed E-state index contributed by atoms with van der Waals surface area (Å²) in [6, 6.07) is -0.647. The first-order chi connectivity index (χ1) is 8.20. The van der Waals surface area contributed by atoms with Crippen molar-refractivity contribution in [1.29, 1.82) is 0 Å². The lowest BCUT2D eigenvalue weighted by molar-refractivity contribution is -0.124. The summed E-state index contributed by atoms with van der Waals surface area (Å²) < 4.78 is 0. The maximum absolute atomic E-state index is 11.8. The zero-order chi connectivity index (χ0) is 13.9. The van der Waals surface area contributed by atoms with Crippen molar-refractivity contribution in [2.75, 3.05) is 5.73 Å². The number of carbonyl (C=O) groups is 2. The highest BCUT2D eigenvalue weighted by Gasteiger charge is 2.22. The van der Waals surface area contributed by atoms with E-state index >= 15 is 0 Å². The van der Waals surface area contributed by atoms with E-state index in [1.807, 2.05) is 20.8 Å². The lowest BCUT2D eigenvalue weighted by atomic mass is 10.1. The molecule has 0 fully saturated rings. The zero-order valence-corrected chi connectivity index (χ0v) is 11.0. The van der Waals surface area contributed by atoms with Gasteiger partial charge in [0, 0.05) is 5.54 Å². The smallest absolute Gasteiger partial charge is 0.257 e. The van der Waals surface area contributed by atoms with Gasteiger partial charge in [-0.15, -0.1) is 0 Å². The van der Waals surface area contributed by atoms with Crippen LogP contribution in [-0.4, -0.2) is 33.6 Å². The van der Waals surface area contributed by atoms with E-state index in [9.17, 15) is 9.59 Å². The molecule has 0 radical (unpaired) electrons. The molecule has 0 aromatic carbocycles. The molecular formula is C11H19N5O2. The van der Waals surface area contributed by atoms with Gasteiger partial charge in [0.1, 0.15) is 17.4 Å². The molecule has 0 aliphatic carbocycles. The van der Waals surface area contributed by atoms with Crippen molar-refractivity contribution >= 4 is 17.6 Å². The molecule has 0 saturated heterocycles. The molecule has 1 aromatic rings. The van der Waals surface area contributed by atoms with Crippen molar-refractivity contribution in [2.24, 2.45) is 0 Å². The fraction of sp³-hybridized carbons (Fsp3) is 0.545. The number of amides is 2. The van der Waals surface area contributed by atoms with Crippen LogP contribution < -0.4 is 16.4 Å². The lowest BCUT2D eigenvalue weighted by Crippen LogP contribution is -2.50. The van der Waals surface area contributed by atoms with Gasteiger partial charge in [-0.3, -0.25) is 14.7 Å². The molecular weight excluding hydrogens is 234 g/mol. The Morgan fingerprint density at radius 3 is 2.50 bits per heavy atom. The number of nitrogens with one attached hydrogen (secondary N) is 3. The van der Waals surface area contributed by atoms with Crippen molar-refractivity contribution in [1.82, 2.24) is 20.8 Å². The quantitative estimate of drug-likeness (QED) is 0.608. The first-order valence-electron chi connectivity index (χ1n) is 5.62. The van der Waals surface area contributed by atoms with E-state index in [2.05, 4.69) is 20.8 Å². The SMILES string of the molecule is CC(NC(=O)c1cn[nH]c1N)C(=O)NC(C)(C)C. The van der Waals surface area contributed by atoms with Crippen molar-refractivity contribution in [2.45, 2.75) is 39.3 Å². The van der Waals surface area contributed by atoms with E-state index in [0.717, 1.165) is 0 Å². The number of nitrogen functional groups attached to an aromatic ring is 1. The van der Waals surface area contributed by atoms with Crippen LogP contribution >= 0.6 is 0 Å². The predicted octanol–water partition coefficient (Wildman–Crippen LogP) is 0.0249. The summed E-state index contributed by atoms with van der Waals surface area (Å²) in [7, 11) is 0. The normalized spacial score (nSPS) is 12.9. The van der Waals surface area contributed by atoms with Gasteiger partial charge in [0.05, 0.1) is 6.20 Å². The van der Waals surface area contributed by atoms with Crippen LogP contribution in [0.4, 0.5) is 5.82 Å². The third-order valence-corrected chi connectivity index (χ3v) is 2.15. The van der Waals surface area contributed by atoms with Gasteiger partial charge in [-0.2, -0.15) is 5.10 Å². The molecule has 1 unspecified atom stereocenters. The maximum atomic E-state index is 11.8. The minimum absolute atomic E-state index is 0.177. The highest BCUT2D eigenvalue weighted by atomic mass is 16.2. The largest absolute Gasteiger partial charge is 0.383 e. The summed E-state index contributed by atoms with van der Waals surface area (Å²) in [4.78, 5) is 23.5. The number of hydrogen-bond acceptors (Lipinski definition) is 4. The van der Waals surface area contributed by atoms with Gasteiger partial charge < -0.3 is 16.4 Å². The second-order valence-electron chi connectivity index (χ2n) is 5.13. The number of H-pyrrole nitrogens is 1. The fourth-order valence-corrected chi connectivity index (χ4v) is 1.29. The van der Waals surface area contributed by atoms with Gasteiger partial charge in [0.2, 0.25) is 5.91 Å². The lowest BCUT2D eigenvalue weighted by Gasteiger charge is -2.23. The summed E-state index contributed by atoms with van der Waals surface area (Å²) in [5.41, 5.74) is 5.40. The maximum Gasteiger partial charge on any atom is 0.257 e. The minimum atomic E-state index is -0.647. The van der Waals surface area contributed by atoms with Crippen LogP contribution in [0.5, 0.6) is 0 Å². The number of aromatic nitrogens is 2. The minimum Gasteiger partial charge on any atom is -0.383 e. The number of nitrogens with zero attached hydrogens (tertiary/aromatic N) is 1.